The van der Waals surface area contributed by atoms with Gasteiger partial charge in [-0.2, -0.15) is 0 Å². The van der Waals surface area contributed by atoms with Gasteiger partial charge in [0.1, 0.15) is 19.8 Å². The molecule has 10 heteroatoms. The second-order valence-electron chi connectivity index (χ2n) is 20.3. The van der Waals surface area contributed by atoms with Crippen molar-refractivity contribution in [3.05, 3.63) is 97.2 Å². The summed E-state index contributed by atoms with van der Waals surface area (Å²) in [4.78, 5) is 37.8. The lowest BCUT2D eigenvalue weighted by Gasteiger charge is -2.28. The number of esters is 2. The highest BCUT2D eigenvalue weighted by atomic mass is 31.2. The first-order valence-electron chi connectivity index (χ1n) is 28.9. The molecule has 0 aromatic carbocycles. The lowest BCUT2D eigenvalue weighted by Crippen LogP contribution is -2.37. The molecule has 0 bridgehead atoms. The number of unbranched alkanes of at least 4 members (excludes halogenated alkanes) is 22. The van der Waals surface area contributed by atoms with Crippen molar-refractivity contribution in [1.82, 2.24) is 0 Å². The van der Waals surface area contributed by atoms with Crippen molar-refractivity contribution in [1.29, 1.82) is 0 Å². The summed E-state index contributed by atoms with van der Waals surface area (Å²) in [7, 11) is 1.15. The van der Waals surface area contributed by atoms with E-state index in [4.69, 9.17) is 18.5 Å². The van der Waals surface area contributed by atoms with Crippen LogP contribution in [-0.2, 0) is 32.7 Å². The summed E-state index contributed by atoms with van der Waals surface area (Å²) < 4.78 is 34.1. The summed E-state index contributed by atoms with van der Waals surface area (Å²) in [6.07, 6.45) is 71.8. The van der Waals surface area contributed by atoms with E-state index in [0.29, 0.717) is 23.9 Å². The summed E-state index contributed by atoms with van der Waals surface area (Å²) in [5, 5.41) is 0. The second kappa shape index (κ2) is 52.8. The van der Waals surface area contributed by atoms with Gasteiger partial charge in [0.05, 0.1) is 27.7 Å². The lowest BCUT2D eigenvalue weighted by molar-refractivity contribution is -0.870. The van der Waals surface area contributed by atoms with E-state index in [9.17, 15) is 19.0 Å². The summed E-state index contributed by atoms with van der Waals surface area (Å²) in [5.74, 6) is -0.851. The molecule has 0 amide bonds. The van der Waals surface area contributed by atoms with Gasteiger partial charge in [0.25, 0.3) is 7.82 Å². The highest BCUT2D eigenvalue weighted by molar-refractivity contribution is 7.45. The van der Waals surface area contributed by atoms with Gasteiger partial charge in [-0.3, -0.25) is 14.2 Å². The van der Waals surface area contributed by atoms with Crippen LogP contribution in [0.2, 0.25) is 0 Å². The number of allylic oxidation sites excluding steroid dienone is 16. The first-order valence-corrected chi connectivity index (χ1v) is 30.4. The van der Waals surface area contributed by atoms with Crippen LogP contribution < -0.4 is 4.89 Å². The van der Waals surface area contributed by atoms with Crippen molar-refractivity contribution in [3.8, 4) is 0 Å². The average molecular weight is 1030 g/mol. The van der Waals surface area contributed by atoms with Crippen LogP contribution in [0.3, 0.4) is 0 Å². The van der Waals surface area contributed by atoms with E-state index in [-0.39, 0.29) is 26.1 Å². The first-order chi connectivity index (χ1) is 35.0. The van der Waals surface area contributed by atoms with Crippen LogP contribution in [-0.4, -0.2) is 70.0 Å². The zero-order valence-electron chi connectivity index (χ0n) is 46.8. The van der Waals surface area contributed by atoms with Gasteiger partial charge in [-0.1, -0.05) is 227 Å². The molecule has 0 saturated carbocycles. The van der Waals surface area contributed by atoms with Crippen LogP contribution in [0.15, 0.2) is 97.2 Å². The van der Waals surface area contributed by atoms with E-state index in [0.717, 1.165) is 103 Å². The lowest BCUT2D eigenvalue weighted by atomic mass is 10.0. The van der Waals surface area contributed by atoms with Gasteiger partial charge in [-0.25, -0.2) is 0 Å². The monoisotopic (exact) mass is 1030 g/mol. The molecule has 414 valence electrons. The zero-order chi connectivity index (χ0) is 52.7. The predicted octanol–water partition coefficient (Wildman–Crippen LogP) is 17.4. The quantitative estimate of drug-likeness (QED) is 0.0195. The number of rotatable bonds is 52. The normalized spacial score (nSPS) is 14.0. The zero-order valence-corrected chi connectivity index (χ0v) is 47.7. The van der Waals surface area contributed by atoms with E-state index < -0.39 is 32.5 Å². The molecule has 0 aliphatic rings. The van der Waals surface area contributed by atoms with Gasteiger partial charge in [0.15, 0.2) is 6.10 Å². The summed E-state index contributed by atoms with van der Waals surface area (Å²) in [6.45, 7) is 4.04. The molecule has 2 atom stereocenters. The Balaban J connectivity index is 4.04. The molecule has 0 aliphatic carbocycles. The van der Waals surface area contributed by atoms with Gasteiger partial charge in [0, 0.05) is 12.8 Å². The van der Waals surface area contributed by atoms with Gasteiger partial charge in [-0.05, 0) is 89.9 Å². The molecule has 0 aliphatic heterocycles. The van der Waals surface area contributed by atoms with Gasteiger partial charge >= 0.3 is 11.9 Å². The number of phosphoric ester groups is 1. The smallest absolute Gasteiger partial charge is 0.306 e. The fourth-order valence-electron chi connectivity index (χ4n) is 7.64. The van der Waals surface area contributed by atoms with E-state index in [2.05, 4.69) is 111 Å². The van der Waals surface area contributed by atoms with Crippen molar-refractivity contribution in [2.24, 2.45) is 0 Å². The SMILES string of the molecule is CC/C=C\C/C=C\C/C=C\C/C=C\C/C=C\C/C=C\CCCCCCCCCCCCCCCCCCC(=O)OC(COC(=O)CCCCCCC/C=C\C/C=C\CCC)COP(=O)([O-])OCC[N+](C)(C)C. The third-order valence-electron chi connectivity index (χ3n) is 12.1. The average Bonchev–Trinajstić information content (AvgIpc) is 3.34. The van der Waals surface area contributed by atoms with Crippen LogP contribution in [0.1, 0.15) is 232 Å². The number of carbonyl (C=O) groups is 2. The Hall–Kier alpha value is -3.07. The third kappa shape index (κ3) is 56.2. The molecular formula is C62H108NO8P. The minimum absolute atomic E-state index is 0.0361. The van der Waals surface area contributed by atoms with Gasteiger partial charge in [-0.15, -0.1) is 0 Å². The van der Waals surface area contributed by atoms with Crippen LogP contribution in [0, 0.1) is 0 Å². The number of phosphoric acid groups is 1. The maximum absolute atomic E-state index is 12.8. The van der Waals surface area contributed by atoms with Crippen molar-refractivity contribution in [2.75, 3.05) is 47.5 Å². The number of ether oxygens (including phenoxy) is 2. The Morgan fingerprint density at radius 2 is 0.792 bits per heavy atom. The molecule has 0 radical (unpaired) electrons. The van der Waals surface area contributed by atoms with Crippen molar-refractivity contribution in [2.45, 2.75) is 238 Å². The first kappa shape index (κ1) is 68.9. The Kier molecular flexibility index (Phi) is 50.5. The molecule has 0 rings (SSSR count). The Morgan fingerprint density at radius 3 is 1.18 bits per heavy atom. The molecule has 72 heavy (non-hydrogen) atoms. The Bertz CT molecular complexity index is 1540. The summed E-state index contributed by atoms with van der Waals surface area (Å²) in [5.41, 5.74) is 0. The molecule has 0 N–H and O–H groups in total. The fraction of sp³-hybridized carbons (Fsp3) is 0.710. The van der Waals surface area contributed by atoms with Crippen LogP contribution in [0.4, 0.5) is 0 Å². The van der Waals surface area contributed by atoms with Crippen molar-refractivity contribution < 1.29 is 42.1 Å². The van der Waals surface area contributed by atoms with E-state index in [1.807, 2.05) is 21.1 Å². The van der Waals surface area contributed by atoms with E-state index >= 15 is 0 Å². The topological polar surface area (TPSA) is 111 Å². The number of hydrogen-bond acceptors (Lipinski definition) is 8. The molecule has 0 spiro atoms. The predicted molar refractivity (Wildman–Crippen MR) is 305 cm³/mol. The van der Waals surface area contributed by atoms with Crippen molar-refractivity contribution >= 4 is 19.8 Å². The summed E-state index contributed by atoms with van der Waals surface area (Å²) in [6, 6.07) is 0. The van der Waals surface area contributed by atoms with E-state index in [1.165, 1.54) is 89.9 Å². The Labute approximate surface area is 443 Å². The van der Waals surface area contributed by atoms with Crippen molar-refractivity contribution in [3.63, 3.8) is 0 Å². The molecule has 2 unspecified atom stereocenters. The fourth-order valence-corrected chi connectivity index (χ4v) is 8.37. The highest BCUT2D eigenvalue weighted by Crippen LogP contribution is 2.38. The molecule has 9 nitrogen and oxygen atoms in total. The Morgan fingerprint density at radius 1 is 0.444 bits per heavy atom. The second-order valence-corrected chi connectivity index (χ2v) is 21.7. The summed E-state index contributed by atoms with van der Waals surface area (Å²) >= 11 is 0. The number of hydrogen-bond donors (Lipinski definition) is 0. The van der Waals surface area contributed by atoms with Crippen LogP contribution in [0.5, 0.6) is 0 Å². The highest BCUT2D eigenvalue weighted by Gasteiger charge is 2.21. The number of nitrogens with zero attached hydrogens (tertiary/aromatic N) is 1. The maximum atomic E-state index is 12.8. The molecule has 0 heterocycles. The standard InChI is InChI=1S/C62H108NO8P/c1-6-8-10-12-14-16-18-20-21-22-23-24-25-26-27-28-29-30-31-32-33-34-35-36-37-38-39-40-41-43-45-47-49-51-53-55-62(65)71-60(59-70-72(66,67)69-57-56-63(3,4)5)58-68-61(64)54-52-50-48-46-44-42-19-17-15-13-11-9-7-2/h8,10-11,13-14,16-17,19-21,23-24,26-27,29-30,60H,6-7,9,12,15,18,22,25,28,31-59H2,1-5H3/b10-8-,13-11-,16-14-,19-17-,21-20-,24-23-,27-26-,30-29-. The molecule has 0 aromatic rings. The molecule has 0 aromatic heterocycles. The third-order valence-corrected chi connectivity index (χ3v) is 13.0. The maximum Gasteiger partial charge on any atom is 0.306 e. The van der Waals surface area contributed by atoms with Gasteiger partial charge in [0.2, 0.25) is 0 Å². The number of quaternary nitrogens is 1. The molecular weight excluding hydrogens is 918 g/mol. The number of carbonyl (C=O) groups excluding carboxylic acids is 2. The van der Waals surface area contributed by atoms with Gasteiger partial charge < -0.3 is 27.9 Å². The van der Waals surface area contributed by atoms with Crippen LogP contribution >= 0.6 is 7.82 Å². The van der Waals surface area contributed by atoms with Crippen LogP contribution in [0.25, 0.3) is 0 Å². The van der Waals surface area contributed by atoms with E-state index in [1.54, 1.807) is 0 Å². The number of likely N-dealkylation sites (N-methyl/N-ethyl adjacent to an activating group) is 1. The largest absolute Gasteiger partial charge is 0.756 e. The minimum atomic E-state index is -4.64. The minimum Gasteiger partial charge on any atom is -0.756 e. The molecule has 0 saturated heterocycles. The molecule has 0 fully saturated rings.